The Labute approximate surface area is 111 Å². The molecule has 0 bridgehead atoms. The second kappa shape index (κ2) is 5.36. The van der Waals surface area contributed by atoms with Crippen molar-refractivity contribution < 1.29 is 4.79 Å². The molecule has 0 N–H and O–H groups in total. The van der Waals surface area contributed by atoms with Crippen molar-refractivity contribution in [2.75, 3.05) is 0 Å². The van der Waals surface area contributed by atoms with Crippen LogP contribution in [-0.4, -0.2) is 15.7 Å². The maximum atomic E-state index is 12.0. The summed E-state index contributed by atoms with van der Waals surface area (Å²) in [6.45, 7) is 3.77. The van der Waals surface area contributed by atoms with Gasteiger partial charge >= 0.3 is 0 Å². The first-order valence-corrected chi connectivity index (χ1v) is 6.25. The second-order valence-corrected chi connectivity index (χ2v) is 4.80. The molecule has 0 saturated carbocycles. The summed E-state index contributed by atoms with van der Waals surface area (Å²) in [6.07, 6.45) is 1.11. The van der Waals surface area contributed by atoms with E-state index in [1.165, 1.54) is 4.68 Å². The van der Waals surface area contributed by atoms with Crippen LogP contribution in [0.5, 0.6) is 0 Å². The fourth-order valence-corrected chi connectivity index (χ4v) is 2.14. The van der Waals surface area contributed by atoms with Gasteiger partial charge in [-0.1, -0.05) is 23.7 Å². The Kier molecular flexibility index (Phi) is 3.82. The van der Waals surface area contributed by atoms with Crippen molar-refractivity contribution >= 4 is 17.5 Å². The average Bonchev–Trinajstić information content (AvgIpc) is 2.66. The second-order valence-electron chi connectivity index (χ2n) is 4.36. The van der Waals surface area contributed by atoms with E-state index in [0.717, 1.165) is 17.0 Å². The Bertz CT molecular complexity index is 575. The number of benzene rings is 1. The number of carbonyl (C=O) groups is 1. The van der Waals surface area contributed by atoms with Gasteiger partial charge in [-0.3, -0.25) is 4.79 Å². The van der Waals surface area contributed by atoms with Gasteiger partial charge in [-0.25, -0.2) is 4.68 Å². The average molecular weight is 263 g/mol. The molecule has 0 atom stereocenters. The van der Waals surface area contributed by atoms with Crippen molar-refractivity contribution in [1.29, 1.82) is 0 Å². The summed E-state index contributed by atoms with van der Waals surface area (Å²) < 4.78 is 1.47. The lowest BCUT2D eigenvalue weighted by Gasteiger charge is -2.03. The molecule has 4 heteroatoms. The van der Waals surface area contributed by atoms with Crippen molar-refractivity contribution in [2.45, 2.75) is 26.7 Å². The summed E-state index contributed by atoms with van der Waals surface area (Å²) in [5, 5.41) is 4.88. The van der Waals surface area contributed by atoms with Gasteiger partial charge in [0.25, 0.3) is 0 Å². The largest absolute Gasteiger partial charge is 0.273 e. The standard InChI is InChI=1S/C14H15ClN2O/c1-10-8-11(2)17(16-10)14(18)7-6-12-4-3-5-13(15)9-12/h3-5,8-9H,6-7H2,1-2H3. The molecule has 0 saturated heterocycles. The van der Waals surface area contributed by atoms with E-state index in [4.69, 9.17) is 11.6 Å². The maximum absolute atomic E-state index is 12.0. The fourth-order valence-electron chi connectivity index (χ4n) is 1.93. The molecule has 0 radical (unpaired) electrons. The SMILES string of the molecule is Cc1cc(C)n(C(=O)CCc2cccc(Cl)c2)n1. The third-order valence-electron chi connectivity index (χ3n) is 2.76. The van der Waals surface area contributed by atoms with Crippen molar-refractivity contribution in [1.82, 2.24) is 9.78 Å². The topological polar surface area (TPSA) is 34.9 Å². The predicted molar refractivity (Wildman–Crippen MR) is 72.1 cm³/mol. The number of halogens is 1. The lowest BCUT2D eigenvalue weighted by Crippen LogP contribution is -2.14. The minimum absolute atomic E-state index is 0.0144. The maximum Gasteiger partial charge on any atom is 0.247 e. The van der Waals surface area contributed by atoms with Gasteiger partial charge in [0.05, 0.1) is 5.69 Å². The summed E-state index contributed by atoms with van der Waals surface area (Å²) >= 11 is 5.90. The van der Waals surface area contributed by atoms with E-state index in [2.05, 4.69) is 5.10 Å². The van der Waals surface area contributed by atoms with Gasteiger partial charge in [-0.05, 0) is 44.0 Å². The summed E-state index contributed by atoms with van der Waals surface area (Å²) in [7, 11) is 0. The Hall–Kier alpha value is -1.61. The van der Waals surface area contributed by atoms with Crippen LogP contribution < -0.4 is 0 Å². The third kappa shape index (κ3) is 2.99. The number of hydrogen-bond donors (Lipinski definition) is 0. The minimum atomic E-state index is 0.0144. The quantitative estimate of drug-likeness (QED) is 0.849. The highest BCUT2D eigenvalue weighted by Gasteiger charge is 2.10. The van der Waals surface area contributed by atoms with E-state index in [1.54, 1.807) is 0 Å². The van der Waals surface area contributed by atoms with E-state index in [1.807, 2.05) is 44.2 Å². The molecule has 0 aliphatic rings. The minimum Gasteiger partial charge on any atom is -0.273 e. The first-order valence-electron chi connectivity index (χ1n) is 5.87. The number of aryl methyl sites for hydroxylation is 3. The Morgan fingerprint density at radius 3 is 2.72 bits per heavy atom. The van der Waals surface area contributed by atoms with E-state index in [9.17, 15) is 4.79 Å². The molecular weight excluding hydrogens is 248 g/mol. The Balaban J connectivity index is 2.03. The first-order chi connectivity index (χ1) is 8.56. The van der Waals surface area contributed by atoms with E-state index < -0.39 is 0 Å². The van der Waals surface area contributed by atoms with Gasteiger partial charge in [-0.2, -0.15) is 5.10 Å². The van der Waals surface area contributed by atoms with E-state index >= 15 is 0 Å². The lowest BCUT2D eigenvalue weighted by atomic mass is 10.1. The van der Waals surface area contributed by atoms with Crippen LogP contribution in [0.15, 0.2) is 30.3 Å². The van der Waals surface area contributed by atoms with Crippen LogP contribution in [0.25, 0.3) is 0 Å². The van der Waals surface area contributed by atoms with E-state index in [-0.39, 0.29) is 5.91 Å². The highest BCUT2D eigenvalue weighted by molar-refractivity contribution is 6.30. The molecule has 0 spiro atoms. The van der Waals surface area contributed by atoms with Gasteiger partial charge in [0.1, 0.15) is 0 Å². The number of rotatable bonds is 3. The van der Waals surface area contributed by atoms with Crippen LogP contribution in [0, 0.1) is 13.8 Å². The normalized spacial score (nSPS) is 10.6. The van der Waals surface area contributed by atoms with Crippen molar-refractivity contribution in [2.24, 2.45) is 0 Å². The molecule has 0 amide bonds. The zero-order valence-corrected chi connectivity index (χ0v) is 11.2. The Morgan fingerprint density at radius 1 is 1.33 bits per heavy atom. The summed E-state index contributed by atoms with van der Waals surface area (Å²) in [4.78, 5) is 12.0. The molecule has 18 heavy (non-hydrogen) atoms. The molecule has 94 valence electrons. The van der Waals surface area contributed by atoms with Crippen molar-refractivity contribution in [3.63, 3.8) is 0 Å². The molecule has 2 aromatic rings. The predicted octanol–water partition coefficient (Wildman–Crippen LogP) is 3.43. The smallest absolute Gasteiger partial charge is 0.247 e. The van der Waals surface area contributed by atoms with Crippen LogP contribution in [0.2, 0.25) is 5.02 Å². The molecule has 0 aliphatic heterocycles. The van der Waals surface area contributed by atoms with Crippen LogP contribution in [-0.2, 0) is 6.42 Å². The fraction of sp³-hybridized carbons (Fsp3) is 0.286. The molecule has 1 aromatic heterocycles. The number of carbonyl (C=O) groups excluding carboxylic acids is 1. The van der Waals surface area contributed by atoms with Crippen LogP contribution in [0.4, 0.5) is 0 Å². The number of hydrogen-bond acceptors (Lipinski definition) is 2. The molecule has 0 unspecified atom stereocenters. The first kappa shape index (κ1) is 12.8. The van der Waals surface area contributed by atoms with Gasteiger partial charge in [-0.15, -0.1) is 0 Å². The lowest BCUT2D eigenvalue weighted by molar-refractivity contribution is 0.0884. The van der Waals surface area contributed by atoms with Crippen LogP contribution >= 0.6 is 11.6 Å². The molecular formula is C14H15ClN2O. The number of aromatic nitrogens is 2. The summed E-state index contributed by atoms with van der Waals surface area (Å²) in [6, 6.07) is 9.48. The van der Waals surface area contributed by atoms with Gasteiger partial charge < -0.3 is 0 Å². The zero-order valence-electron chi connectivity index (χ0n) is 10.5. The van der Waals surface area contributed by atoms with Crippen LogP contribution in [0.1, 0.15) is 28.2 Å². The van der Waals surface area contributed by atoms with E-state index in [0.29, 0.717) is 17.9 Å². The summed E-state index contributed by atoms with van der Waals surface area (Å²) in [5.41, 5.74) is 2.81. The monoisotopic (exact) mass is 262 g/mol. The van der Waals surface area contributed by atoms with Crippen LogP contribution in [0.3, 0.4) is 0 Å². The number of nitrogens with zero attached hydrogens (tertiary/aromatic N) is 2. The van der Waals surface area contributed by atoms with Gasteiger partial charge in [0, 0.05) is 17.1 Å². The third-order valence-corrected chi connectivity index (χ3v) is 3.00. The van der Waals surface area contributed by atoms with Crippen molar-refractivity contribution in [3.8, 4) is 0 Å². The molecule has 3 nitrogen and oxygen atoms in total. The molecule has 1 heterocycles. The molecule has 0 fully saturated rings. The molecule has 1 aromatic carbocycles. The zero-order chi connectivity index (χ0) is 13.1. The van der Waals surface area contributed by atoms with Crippen molar-refractivity contribution in [3.05, 3.63) is 52.3 Å². The van der Waals surface area contributed by atoms with Gasteiger partial charge in [0.2, 0.25) is 5.91 Å². The Morgan fingerprint density at radius 2 is 2.11 bits per heavy atom. The molecule has 0 aliphatic carbocycles. The highest BCUT2D eigenvalue weighted by atomic mass is 35.5. The summed E-state index contributed by atoms with van der Waals surface area (Å²) in [5.74, 6) is 0.0144. The molecule has 2 rings (SSSR count). The van der Waals surface area contributed by atoms with Gasteiger partial charge in [0.15, 0.2) is 0 Å². The highest BCUT2D eigenvalue weighted by Crippen LogP contribution is 2.13.